The van der Waals surface area contributed by atoms with E-state index in [4.69, 9.17) is 0 Å². The van der Waals surface area contributed by atoms with Crippen LogP contribution < -0.4 is 5.32 Å². The number of nitrogens with one attached hydrogen (secondary N) is 1. The molecule has 1 atom stereocenters. The minimum Gasteiger partial charge on any atom is -0.396 e. The van der Waals surface area contributed by atoms with Crippen LogP contribution in [-0.4, -0.2) is 30.4 Å². The van der Waals surface area contributed by atoms with Gasteiger partial charge in [-0.2, -0.15) is 0 Å². The summed E-state index contributed by atoms with van der Waals surface area (Å²) in [5.74, 6) is 0.00867. The van der Waals surface area contributed by atoms with Crippen molar-refractivity contribution in [1.29, 1.82) is 0 Å². The zero-order valence-corrected chi connectivity index (χ0v) is 15.3. The fraction of sp³-hybridized carbons (Fsp3) is 0.389. The molecule has 0 spiro atoms. The molecule has 2 aromatic rings. The van der Waals surface area contributed by atoms with E-state index < -0.39 is 0 Å². The molecule has 0 saturated heterocycles. The molecular weight excluding hydrogens is 326 g/mol. The molecule has 1 aromatic heterocycles. The standard InChI is InChI=1S/C18H23NO2S2/c1-18(2,12-20)14(13-7-5-4-6-8-13)11-19-17(21)16-15(22-3)9-10-23-16/h4-10,14,20H,11-12H2,1-3H3,(H,19,21). The van der Waals surface area contributed by atoms with E-state index in [0.29, 0.717) is 6.54 Å². The van der Waals surface area contributed by atoms with Crippen molar-refractivity contribution < 1.29 is 9.90 Å². The largest absolute Gasteiger partial charge is 0.396 e. The third-order valence-electron chi connectivity index (χ3n) is 4.07. The summed E-state index contributed by atoms with van der Waals surface area (Å²) in [6, 6.07) is 12.0. The Morgan fingerprint density at radius 1 is 1.30 bits per heavy atom. The molecule has 0 saturated carbocycles. The molecule has 2 rings (SSSR count). The lowest BCUT2D eigenvalue weighted by Crippen LogP contribution is -2.36. The first-order valence-electron chi connectivity index (χ1n) is 7.55. The predicted molar refractivity (Wildman–Crippen MR) is 98.5 cm³/mol. The number of thioether (sulfide) groups is 1. The first kappa shape index (κ1) is 18.0. The Balaban J connectivity index is 2.14. The molecule has 1 unspecified atom stereocenters. The normalized spacial score (nSPS) is 12.9. The van der Waals surface area contributed by atoms with Gasteiger partial charge >= 0.3 is 0 Å². The van der Waals surface area contributed by atoms with Gasteiger partial charge in [0.05, 0.1) is 0 Å². The summed E-state index contributed by atoms with van der Waals surface area (Å²) >= 11 is 3.04. The summed E-state index contributed by atoms with van der Waals surface area (Å²) in [6.07, 6.45) is 1.97. The highest BCUT2D eigenvalue weighted by atomic mass is 32.2. The van der Waals surface area contributed by atoms with Gasteiger partial charge in [0.2, 0.25) is 0 Å². The van der Waals surface area contributed by atoms with E-state index in [0.717, 1.165) is 15.3 Å². The van der Waals surface area contributed by atoms with Crippen LogP contribution in [0.15, 0.2) is 46.7 Å². The Morgan fingerprint density at radius 2 is 2.00 bits per heavy atom. The fourth-order valence-electron chi connectivity index (χ4n) is 2.54. The summed E-state index contributed by atoms with van der Waals surface area (Å²) in [5.41, 5.74) is 0.815. The van der Waals surface area contributed by atoms with Gasteiger partial charge in [-0.1, -0.05) is 44.2 Å². The third kappa shape index (κ3) is 4.37. The molecular formula is C18H23NO2S2. The monoisotopic (exact) mass is 349 g/mol. The fourth-order valence-corrected chi connectivity index (χ4v) is 4.21. The Bertz CT molecular complexity index is 637. The van der Waals surface area contributed by atoms with Crippen LogP contribution in [0.4, 0.5) is 0 Å². The number of aliphatic hydroxyl groups is 1. The van der Waals surface area contributed by atoms with E-state index in [-0.39, 0.29) is 23.8 Å². The lowest BCUT2D eigenvalue weighted by molar-refractivity contribution is 0.0921. The topological polar surface area (TPSA) is 49.3 Å². The molecule has 2 N–H and O–H groups in total. The number of aliphatic hydroxyl groups excluding tert-OH is 1. The maximum atomic E-state index is 12.5. The number of carbonyl (C=O) groups is 1. The zero-order valence-electron chi connectivity index (χ0n) is 13.7. The smallest absolute Gasteiger partial charge is 0.262 e. The third-order valence-corrected chi connectivity index (χ3v) is 5.90. The Morgan fingerprint density at radius 3 is 2.61 bits per heavy atom. The second-order valence-corrected chi connectivity index (χ2v) is 7.90. The molecule has 0 aliphatic rings. The summed E-state index contributed by atoms with van der Waals surface area (Å²) in [4.78, 5) is 14.2. The van der Waals surface area contributed by atoms with E-state index in [1.54, 1.807) is 11.8 Å². The lowest BCUT2D eigenvalue weighted by Gasteiger charge is -2.33. The van der Waals surface area contributed by atoms with E-state index >= 15 is 0 Å². The molecule has 0 fully saturated rings. The van der Waals surface area contributed by atoms with Crippen molar-refractivity contribution in [2.75, 3.05) is 19.4 Å². The van der Waals surface area contributed by atoms with Crippen molar-refractivity contribution >= 4 is 29.0 Å². The molecule has 1 aromatic carbocycles. The summed E-state index contributed by atoms with van der Waals surface area (Å²) < 4.78 is 0. The highest BCUT2D eigenvalue weighted by Crippen LogP contribution is 2.35. The van der Waals surface area contributed by atoms with E-state index in [2.05, 4.69) is 5.32 Å². The van der Waals surface area contributed by atoms with Gasteiger partial charge in [-0.15, -0.1) is 23.1 Å². The maximum Gasteiger partial charge on any atom is 0.262 e. The molecule has 1 amide bonds. The van der Waals surface area contributed by atoms with Crippen molar-refractivity contribution in [3.8, 4) is 0 Å². The molecule has 1 heterocycles. The molecule has 0 radical (unpaired) electrons. The molecule has 3 nitrogen and oxygen atoms in total. The average Bonchev–Trinajstić information content (AvgIpc) is 3.04. The predicted octanol–water partition coefficient (Wildman–Crippen LogP) is 4.00. The minimum atomic E-state index is -0.313. The van der Waals surface area contributed by atoms with Crippen molar-refractivity contribution in [3.63, 3.8) is 0 Å². The van der Waals surface area contributed by atoms with Gasteiger partial charge in [0.15, 0.2) is 0 Å². The number of hydrogen-bond donors (Lipinski definition) is 2. The molecule has 0 aliphatic carbocycles. The van der Waals surface area contributed by atoms with Crippen LogP contribution in [0, 0.1) is 5.41 Å². The van der Waals surface area contributed by atoms with Gasteiger partial charge in [-0.25, -0.2) is 0 Å². The number of benzene rings is 1. The van der Waals surface area contributed by atoms with E-state index in [1.807, 2.05) is 61.9 Å². The average molecular weight is 350 g/mol. The van der Waals surface area contributed by atoms with Crippen LogP contribution in [0.2, 0.25) is 0 Å². The Kier molecular flexibility index (Phi) is 6.27. The number of hydrogen-bond acceptors (Lipinski definition) is 4. The first-order valence-corrected chi connectivity index (χ1v) is 9.65. The van der Waals surface area contributed by atoms with Crippen molar-refractivity contribution in [3.05, 3.63) is 52.2 Å². The van der Waals surface area contributed by atoms with Gasteiger partial charge in [0.25, 0.3) is 5.91 Å². The Labute approximate surface area is 146 Å². The molecule has 124 valence electrons. The van der Waals surface area contributed by atoms with Crippen LogP contribution >= 0.6 is 23.1 Å². The SMILES string of the molecule is CSc1ccsc1C(=O)NCC(c1ccccc1)C(C)(C)CO. The van der Waals surface area contributed by atoms with Crippen LogP contribution in [0.25, 0.3) is 0 Å². The molecule has 0 bridgehead atoms. The number of rotatable bonds is 7. The van der Waals surface area contributed by atoms with Crippen molar-refractivity contribution in [1.82, 2.24) is 5.32 Å². The van der Waals surface area contributed by atoms with Gasteiger partial charge in [-0.05, 0) is 28.7 Å². The lowest BCUT2D eigenvalue weighted by atomic mass is 9.75. The highest BCUT2D eigenvalue weighted by molar-refractivity contribution is 7.98. The van der Waals surface area contributed by atoms with Crippen LogP contribution in [0.3, 0.4) is 0 Å². The van der Waals surface area contributed by atoms with Crippen LogP contribution in [0.1, 0.15) is 35.0 Å². The molecule has 23 heavy (non-hydrogen) atoms. The van der Waals surface area contributed by atoms with Crippen LogP contribution in [-0.2, 0) is 0 Å². The number of thiophene rings is 1. The molecule has 0 aliphatic heterocycles. The van der Waals surface area contributed by atoms with Gasteiger partial charge in [-0.3, -0.25) is 4.79 Å². The number of amides is 1. The first-order chi connectivity index (χ1) is 11.0. The van der Waals surface area contributed by atoms with Gasteiger partial charge in [0.1, 0.15) is 4.88 Å². The van der Waals surface area contributed by atoms with E-state index in [1.165, 1.54) is 11.3 Å². The second kappa shape index (κ2) is 7.99. The molecule has 5 heteroatoms. The maximum absolute atomic E-state index is 12.5. The Hall–Kier alpha value is -1.30. The second-order valence-electron chi connectivity index (χ2n) is 6.14. The van der Waals surface area contributed by atoms with Gasteiger partial charge in [0, 0.05) is 24.0 Å². The van der Waals surface area contributed by atoms with Crippen LogP contribution in [0.5, 0.6) is 0 Å². The summed E-state index contributed by atoms with van der Waals surface area (Å²) in [6.45, 7) is 4.62. The zero-order chi connectivity index (χ0) is 16.9. The summed E-state index contributed by atoms with van der Waals surface area (Å²) in [7, 11) is 0. The highest BCUT2D eigenvalue weighted by Gasteiger charge is 2.30. The minimum absolute atomic E-state index is 0.0426. The van der Waals surface area contributed by atoms with Gasteiger partial charge < -0.3 is 10.4 Å². The van der Waals surface area contributed by atoms with Crippen molar-refractivity contribution in [2.24, 2.45) is 5.41 Å². The summed E-state index contributed by atoms with van der Waals surface area (Å²) in [5, 5.41) is 14.7. The quantitative estimate of drug-likeness (QED) is 0.743. The van der Waals surface area contributed by atoms with Crippen molar-refractivity contribution in [2.45, 2.75) is 24.7 Å². The number of carbonyl (C=O) groups excluding carboxylic acids is 1. The van der Waals surface area contributed by atoms with E-state index in [9.17, 15) is 9.90 Å².